The van der Waals surface area contributed by atoms with Crippen molar-refractivity contribution in [3.8, 4) is 11.5 Å². The Balaban J connectivity index is 1.96. The molecule has 1 N–H and O–H groups in total. The molecule has 0 radical (unpaired) electrons. The summed E-state index contributed by atoms with van der Waals surface area (Å²) in [5.41, 5.74) is 1.48. The van der Waals surface area contributed by atoms with Crippen molar-refractivity contribution in [3.63, 3.8) is 0 Å². The van der Waals surface area contributed by atoms with Gasteiger partial charge in [-0.3, -0.25) is 4.79 Å². The number of likely N-dealkylation sites (tertiary alicyclic amines) is 1. The lowest BCUT2D eigenvalue weighted by Gasteiger charge is -2.65. The van der Waals surface area contributed by atoms with Crippen LogP contribution >= 0.6 is 0 Å². The normalized spacial score (nSPS) is 34.5. The van der Waals surface area contributed by atoms with Crippen molar-refractivity contribution in [2.24, 2.45) is 5.92 Å². The fourth-order valence-electron chi connectivity index (χ4n) is 6.07. The fourth-order valence-corrected chi connectivity index (χ4v) is 6.07. The van der Waals surface area contributed by atoms with Crippen LogP contribution in [0.15, 0.2) is 12.1 Å². The van der Waals surface area contributed by atoms with Gasteiger partial charge in [0.2, 0.25) is 0 Å². The number of methoxy groups -OCH3 is 2. The molecule has 2 fully saturated rings. The Morgan fingerprint density at radius 3 is 2.79 bits per heavy atom. The summed E-state index contributed by atoms with van der Waals surface area (Å²) in [6, 6.07) is 4.16. The summed E-state index contributed by atoms with van der Waals surface area (Å²) < 4.78 is 17.9. The number of carbonyl (C=O) groups excluding carboxylic acids is 1. The molecule has 1 aromatic carbocycles. The molecule has 6 nitrogen and oxygen atoms in total. The van der Waals surface area contributed by atoms with Crippen LogP contribution in [0.3, 0.4) is 0 Å². The van der Waals surface area contributed by atoms with Gasteiger partial charge in [-0.25, -0.2) is 0 Å². The number of aliphatic hydroxyl groups is 1. The van der Waals surface area contributed by atoms with Crippen molar-refractivity contribution in [3.05, 3.63) is 23.3 Å². The lowest BCUT2D eigenvalue weighted by Crippen LogP contribution is -2.74. The van der Waals surface area contributed by atoms with Gasteiger partial charge in [0.1, 0.15) is 23.9 Å². The molecule has 1 aliphatic heterocycles. The van der Waals surface area contributed by atoms with Gasteiger partial charge in [0, 0.05) is 37.0 Å². The van der Waals surface area contributed by atoms with Gasteiger partial charge < -0.3 is 24.2 Å². The molecule has 0 aromatic heterocycles. The molecule has 6 heteroatoms. The molecule has 0 amide bonds. The van der Waals surface area contributed by atoms with Crippen LogP contribution in [0.25, 0.3) is 0 Å². The highest BCUT2D eigenvalue weighted by molar-refractivity contribution is 5.85. The maximum Gasteiger partial charge on any atom is 0.136 e. The minimum atomic E-state index is -0.402. The van der Waals surface area contributed by atoms with Gasteiger partial charge in [-0.2, -0.15) is 0 Å². The number of ketones is 1. The highest BCUT2D eigenvalue weighted by atomic mass is 16.5. The first-order chi connectivity index (χ1) is 13.4. The van der Waals surface area contributed by atoms with Crippen molar-refractivity contribution in [1.29, 1.82) is 0 Å². The molecule has 28 heavy (non-hydrogen) atoms. The molecule has 2 aliphatic carbocycles. The maximum atomic E-state index is 12.9. The standard InChI is InChI=1S/C22H31NO5/c1-14-12-22(27-4)20-11-16-17(9-15(26-3)10-19(16)28-8-7-24)21(22,13-18(14)25)5-6-23(20)2/h9-10,14,20,24H,5-8,11-13H2,1-4H3/t14?,20-,21-,22-/m1/s1. The molecule has 2 bridgehead atoms. The number of piperidine rings is 1. The molecule has 4 atom stereocenters. The van der Waals surface area contributed by atoms with E-state index in [1.807, 2.05) is 13.0 Å². The quantitative estimate of drug-likeness (QED) is 0.830. The Bertz CT molecular complexity index is 780. The summed E-state index contributed by atoms with van der Waals surface area (Å²) in [6.07, 6.45) is 2.89. The summed E-state index contributed by atoms with van der Waals surface area (Å²) in [5, 5.41) is 9.26. The number of carbonyl (C=O) groups is 1. The summed E-state index contributed by atoms with van der Waals surface area (Å²) in [7, 11) is 5.60. The minimum absolute atomic E-state index is 0.000609. The molecule has 154 valence electrons. The van der Waals surface area contributed by atoms with E-state index in [-0.39, 0.29) is 30.6 Å². The molecule has 4 rings (SSSR count). The van der Waals surface area contributed by atoms with Gasteiger partial charge in [0.25, 0.3) is 0 Å². The number of hydrogen-bond donors (Lipinski definition) is 1. The van der Waals surface area contributed by atoms with Gasteiger partial charge in [-0.15, -0.1) is 0 Å². The number of fused-ring (bicyclic) bond motifs is 1. The third-order valence-corrected chi connectivity index (χ3v) is 7.45. The lowest BCUT2D eigenvalue weighted by molar-refractivity contribution is -0.191. The monoisotopic (exact) mass is 389 g/mol. The van der Waals surface area contributed by atoms with Crippen LogP contribution in [0, 0.1) is 5.92 Å². The van der Waals surface area contributed by atoms with Crippen molar-refractivity contribution in [1.82, 2.24) is 4.90 Å². The first kappa shape index (κ1) is 19.7. The molecule has 1 saturated carbocycles. The Hall–Kier alpha value is -1.63. The van der Waals surface area contributed by atoms with Crippen molar-refractivity contribution in [2.45, 2.75) is 49.7 Å². The van der Waals surface area contributed by atoms with E-state index in [1.54, 1.807) is 14.2 Å². The van der Waals surface area contributed by atoms with Crippen molar-refractivity contribution >= 4 is 5.78 Å². The zero-order valence-corrected chi connectivity index (χ0v) is 17.3. The van der Waals surface area contributed by atoms with E-state index in [0.29, 0.717) is 12.2 Å². The average molecular weight is 389 g/mol. The summed E-state index contributed by atoms with van der Waals surface area (Å²) in [4.78, 5) is 15.3. The molecular formula is C22H31NO5. The summed E-state index contributed by atoms with van der Waals surface area (Å²) >= 11 is 0. The van der Waals surface area contributed by atoms with Gasteiger partial charge in [-0.05, 0) is 50.0 Å². The molecule has 1 aromatic rings. The number of rotatable bonds is 5. The van der Waals surface area contributed by atoms with E-state index in [4.69, 9.17) is 14.2 Å². The van der Waals surface area contributed by atoms with Crippen LogP contribution in [0.4, 0.5) is 0 Å². The Kier molecular flexibility index (Phi) is 4.92. The SMILES string of the molecule is COc1cc(OCCO)c2c(c1)[C@]13CCN(C)[C@H](C2)[C@]1(OC)CC(C)C(=O)C3. The largest absolute Gasteiger partial charge is 0.497 e. The number of hydrogen-bond acceptors (Lipinski definition) is 6. The predicted molar refractivity (Wildman–Crippen MR) is 105 cm³/mol. The van der Waals surface area contributed by atoms with Crippen LogP contribution < -0.4 is 9.47 Å². The zero-order valence-electron chi connectivity index (χ0n) is 17.3. The zero-order chi connectivity index (χ0) is 20.1. The van der Waals surface area contributed by atoms with Gasteiger partial charge in [0.15, 0.2) is 0 Å². The van der Waals surface area contributed by atoms with Crippen molar-refractivity contribution < 1.29 is 24.1 Å². The van der Waals surface area contributed by atoms with Crippen molar-refractivity contribution in [2.75, 3.05) is 41.0 Å². The Labute approximate surface area is 166 Å². The highest BCUT2D eigenvalue weighted by Crippen LogP contribution is 2.61. The third-order valence-electron chi connectivity index (χ3n) is 7.45. The number of Topliss-reactive ketones (excluding diaryl/α,β-unsaturated/α-hetero) is 1. The number of aliphatic hydroxyl groups excluding tert-OH is 1. The van der Waals surface area contributed by atoms with E-state index < -0.39 is 5.60 Å². The smallest absolute Gasteiger partial charge is 0.136 e. The molecule has 0 spiro atoms. The Morgan fingerprint density at radius 1 is 1.32 bits per heavy atom. The number of benzene rings is 1. The van der Waals surface area contributed by atoms with E-state index in [2.05, 4.69) is 18.0 Å². The summed E-state index contributed by atoms with van der Waals surface area (Å²) in [5.74, 6) is 1.78. The Morgan fingerprint density at radius 2 is 2.11 bits per heavy atom. The second kappa shape index (κ2) is 7.01. The second-order valence-corrected chi connectivity index (χ2v) is 8.60. The molecule has 3 aliphatic rings. The van der Waals surface area contributed by atoms with Crippen LogP contribution in [0.2, 0.25) is 0 Å². The fraction of sp³-hybridized carbons (Fsp3) is 0.682. The highest BCUT2D eigenvalue weighted by Gasteiger charge is 2.67. The van der Waals surface area contributed by atoms with E-state index in [1.165, 1.54) is 0 Å². The van der Waals surface area contributed by atoms with Gasteiger partial charge in [-0.1, -0.05) is 6.92 Å². The third kappa shape index (κ3) is 2.54. The van der Waals surface area contributed by atoms with Gasteiger partial charge in [0.05, 0.1) is 19.3 Å². The van der Waals surface area contributed by atoms with Crippen LogP contribution in [-0.4, -0.2) is 68.5 Å². The van der Waals surface area contributed by atoms with E-state index in [9.17, 15) is 9.90 Å². The second-order valence-electron chi connectivity index (χ2n) is 8.60. The molecular weight excluding hydrogens is 358 g/mol. The van der Waals surface area contributed by atoms with Crippen LogP contribution in [0.1, 0.15) is 37.3 Å². The van der Waals surface area contributed by atoms with E-state index in [0.717, 1.165) is 48.4 Å². The molecule has 1 unspecified atom stereocenters. The maximum absolute atomic E-state index is 12.9. The predicted octanol–water partition coefficient (Wildman–Crippen LogP) is 1.95. The van der Waals surface area contributed by atoms with E-state index >= 15 is 0 Å². The van der Waals surface area contributed by atoms with Crippen LogP contribution in [0.5, 0.6) is 11.5 Å². The topological polar surface area (TPSA) is 68.2 Å². The number of likely N-dealkylation sites (N-methyl/N-ethyl adjacent to an activating group) is 1. The molecule has 1 saturated heterocycles. The van der Waals surface area contributed by atoms with Gasteiger partial charge >= 0.3 is 0 Å². The number of ether oxygens (including phenoxy) is 3. The molecule has 1 heterocycles. The minimum Gasteiger partial charge on any atom is -0.497 e. The average Bonchev–Trinajstić information content (AvgIpc) is 2.69. The first-order valence-corrected chi connectivity index (χ1v) is 10.2. The first-order valence-electron chi connectivity index (χ1n) is 10.2. The lowest BCUT2D eigenvalue weighted by atomic mass is 9.48. The van der Waals surface area contributed by atoms with Crippen LogP contribution in [-0.2, 0) is 21.4 Å². The number of nitrogens with zero attached hydrogens (tertiary/aromatic N) is 1. The summed E-state index contributed by atoms with van der Waals surface area (Å²) in [6.45, 7) is 3.15.